The summed E-state index contributed by atoms with van der Waals surface area (Å²) in [5.41, 5.74) is 0. The first-order valence-corrected chi connectivity index (χ1v) is 11.8. The van der Waals surface area contributed by atoms with Crippen LogP contribution in [0.5, 0.6) is 0 Å². The summed E-state index contributed by atoms with van der Waals surface area (Å²) in [7, 11) is 0. The van der Waals surface area contributed by atoms with Gasteiger partial charge in [0.15, 0.2) is 5.79 Å². The fraction of sp³-hybridized carbons (Fsp3) is 1.00. The van der Waals surface area contributed by atoms with Crippen molar-refractivity contribution < 1.29 is 9.47 Å². The SMILES string of the molecule is CC1(C)O[C@@H](CSC2CCCCC2)[C@H](CSC2CCCCC2)O1. The summed E-state index contributed by atoms with van der Waals surface area (Å²) in [6.45, 7) is 4.16. The van der Waals surface area contributed by atoms with Crippen LogP contribution in [0.15, 0.2) is 0 Å². The fourth-order valence-corrected chi connectivity index (χ4v) is 6.94. The minimum absolute atomic E-state index is 0.285. The lowest BCUT2D eigenvalue weighted by Gasteiger charge is -2.25. The molecule has 0 N–H and O–H groups in total. The van der Waals surface area contributed by atoms with Gasteiger partial charge in [0, 0.05) is 22.0 Å². The van der Waals surface area contributed by atoms with Gasteiger partial charge in [0.2, 0.25) is 0 Å². The molecule has 3 fully saturated rings. The molecule has 0 unspecified atom stereocenters. The first-order chi connectivity index (χ1) is 11.1. The van der Waals surface area contributed by atoms with Gasteiger partial charge < -0.3 is 9.47 Å². The zero-order valence-electron chi connectivity index (χ0n) is 14.9. The van der Waals surface area contributed by atoms with Crippen molar-refractivity contribution in [3.05, 3.63) is 0 Å². The Morgan fingerprint density at radius 3 is 1.48 bits per heavy atom. The Labute approximate surface area is 151 Å². The van der Waals surface area contributed by atoms with Gasteiger partial charge in [-0.15, -0.1) is 0 Å². The minimum Gasteiger partial charge on any atom is -0.344 e. The zero-order chi connectivity index (χ0) is 16.1. The van der Waals surface area contributed by atoms with E-state index < -0.39 is 5.79 Å². The number of hydrogen-bond acceptors (Lipinski definition) is 4. The molecule has 0 spiro atoms. The lowest BCUT2D eigenvalue weighted by atomic mass is 10.0. The number of ether oxygens (including phenoxy) is 2. The second kappa shape index (κ2) is 8.82. The fourth-order valence-electron chi connectivity index (χ4n) is 4.12. The van der Waals surface area contributed by atoms with E-state index in [2.05, 4.69) is 37.4 Å². The molecule has 1 heterocycles. The molecule has 23 heavy (non-hydrogen) atoms. The van der Waals surface area contributed by atoms with E-state index in [4.69, 9.17) is 9.47 Å². The van der Waals surface area contributed by atoms with Gasteiger partial charge in [0.25, 0.3) is 0 Å². The van der Waals surface area contributed by atoms with Crippen LogP contribution in [0.4, 0.5) is 0 Å². The Balaban J connectivity index is 1.45. The average molecular weight is 359 g/mol. The Morgan fingerprint density at radius 2 is 1.09 bits per heavy atom. The van der Waals surface area contributed by atoms with Crippen molar-refractivity contribution >= 4 is 23.5 Å². The second-order valence-electron chi connectivity index (χ2n) is 7.90. The van der Waals surface area contributed by atoms with Crippen LogP contribution in [0.25, 0.3) is 0 Å². The summed E-state index contributed by atoms with van der Waals surface area (Å²) in [5, 5.41) is 1.73. The van der Waals surface area contributed by atoms with E-state index in [0.29, 0.717) is 0 Å². The van der Waals surface area contributed by atoms with Crippen molar-refractivity contribution in [3.63, 3.8) is 0 Å². The van der Waals surface area contributed by atoms with Crippen LogP contribution in [0, 0.1) is 0 Å². The van der Waals surface area contributed by atoms with E-state index in [1.807, 2.05) is 0 Å². The van der Waals surface area contributed by atoms with Crippen LogP contribution in [0.1, 0.15) is 78.1 Å². The third-order valence-electron chi connectivity index (χ3n) is 5.38. The predicted octanol–water partition coefficient (Wildman–Crippen LogP) is 5.64. The molecule has 0 bridgehead atoms. The van der Waals surface area contributed by atoms with Crippen molar-refractivity contribution in [2.45, 2.75) is 107 Å². The van der Waals surface area contributed by atoms with Crippen LogP contribution < -0.4 is 0 Å². The van der Waals surface area contributed by atoms with E-state index in [1.54, 1.807) is 0 Å². The highest BCUT2D eigenvalue weighted by Gasteiger charge is 2.41. The third kappa shape index (κ3) is 5.83. The van der Waals surface area contributed by atoms with E-state index in [1.165, 1.54) is 64.2 Å². The molecule has 0 amide bonds. The monoisotopic (exact) mass is 358 g/mol. The summed E-state index contributed by atoms with van der Waals surface area (Å²) < 4.78 is 12.5. The highest BCUT2D eigenvalue weighted by atomic mass is 32.2. The third-order valence-corrected chi connectivity index (χ3v) is 8.31. The Bertz CT molecular complexity index is 317. The smallest absolute Gasteiger partial charge is 0.163 e. The van der Waals surface area contributed by atoms with Crippen LogP contribution in [0.3, 0.4) is 0 Å². The first-order valence-electron chi connectivity index (χ1n) is 9.71. The van der Waals surface area contributed by atoms with Crippen molar-refractivity contribution in [3.8, 4) is 0 Å². The first kappa shape index (κ1) is 18.4. The molecule has 0 aromatic rings. The average Bonchev–Trinajstić information content (AvgIpc) is 2.87. The van der Waals surface area contributed by atoms with Crippen LogP contribution in [0.2, 0.25) is 0 Å². The molecule has 0 aromatic carbocycles. The van der Waals surface area contributed by atoms with Gasteiger partial charge in [-0.3, -0.25) is 0 Å². The Morgan fingerprint density at radius 1 is 0.696 bits per heavy atom. The molecular formula is C19H34O2S2. The molecule has 3 rings (SSSR count). The van der Waals surface area contributed by atoms with Gasteiger partial charge in [-0.1, -0.05) is 38.5 Å². The maximum atomic E-state index is 6.24. The van der Waals surface area contributed by atoms with Crippen molar-refractivity contribution in [1.82, 2.24) is 0 Å². The molecule has 2 saturated carbocycles. The molecule has 2 aliphatic carbocycles. The van der Waals surface area contributed by atoms with E-state index in [-0.39, 0.29) is 12.2 Å². The standard InChI is InChI=1S/C19H34O2S2/c1-19(2)20-17(13-22-15-9-5-3-6-10-15)18(21-19)14-23-16-11-7-4-8-12-16/h15-18H,3-14H2,1-2H3/t17-,18-/m0/s1. The van der Waals surface area contributed by atoms with Gasteiger partial charge in [-0.25, -0.2) is 0 Å². The molecule has 1 saturated heterocycles. The minimum atomic E-state index is -0.393. The molecule has 4 heteroatoms. The van der Waals surface area contributed by atoms with Gasteiger partial charge in [-0.2, -0.15) is 23.5 Å². The molecule has 2 atom stereocenters. The van der Waals surface area contributed by atoms with Crippen LogP contribution in [-0.4, -0.2) is 40.0 Å². The van der Waals surface area contributed by atoms with Gasteiger partial charge in [0.05, 0.1) is 12.2 Å². The summed E-state index contributed by atoms with van der Waals surface area (Å²) in [6, 6.07) is 0. The van der Waals surface area contributed by atoms with E-state index in [0.717, 1.165) is 22.0 Å². The highest BCUT2D eigenvalue weighted by Crippen LogP contribution is 2.37. The van der Waals surface area contributed by atoms with Crippen molar-refractivity contribution in [2.75, 3.05) is 11.5 Å². The maximum Gasteiger partial charge on any atom is 0.163 e. The van der Waals surface area contributed by atoms with Crippen LogP contribution >= 0.6 is 23.5 Å². The normalized spacial score (nSPS) is 33.1. The summed E-state index contributed by atoms with van der Waals surface area (Å²) >= 11 is 4.29. The van der Waals surface area contributed by atoms with Gasteiger partial charge in [-0.05, 0) is 39.5 Å². The molecule has 3 aliphatic rings. The maximum absolute atomic E-state index is 6.24. The van der Waals surface area contributed by atoms with Gasteiger partial charge in [0.1, 0.15) is 0 Å². The topological polar surface area (TPSA) is 18.5 Å². The van der Waals surface area contributed by atoms with E-state index >= 15 is 0 Å². The molecule has 1 aliphatic heterocycles. The summed E-state index contributed by atoms with van der Waals surface area (Å²) in [6.07, 6.45) is 14.8. The van der Waals surface area contributed by atoms with Crippen molar-refractivity contribution in [1.29, 1.82) is 0 Å². The Hall–Kier alpha value is 0.620. The lowest BCUT2D eigenvalue weighted by molar-refractivity contribution is -0.142. The summed E-state index contributed by atoms with van der Waals surface area (Å²) in [5.74, 6) is 1.84. The number of hydrogen-bond donors (Lipinski definition) is 0. The van der Waals surface area contributed by atoms with Crippen molar-refractivity contribution in [2.24, 2.45) is 0 Å². The highest BCUT2D eigenvalue weighted by molar-refractivity contribution is 8.00. The van der Waals surface area contributed by atoms with E-state index in [9.17, 15) is 0 Å². The van der Waals surface area contributed by atoms with Crippen LogP contribution in [-0.2, 0) is 9.47 Å². The molecule has 134 valence electrons. The van der Waals surface area contributed by atoms with Gasteiger partial charge >= 0.3 is 0 Å². The Kier molecular flexibility index (Phi) is 7.06. The molecule has 2 nitrogen and oxygen atoms in total. The number of thioether (sulfide) groups is 2. The largest absolute Gasteiger partial charge is 0.344 e. The zero-order valence-corrected chi connectivity index (χ0v) is 16.6. The molecule has 0 radical (unpaired) electrons. The molecular weight excluding hydrogens is 324 g/mol. The lowest BCUT2D eigenvalue weighted by Crippen LogP contribution is -2.29. The predicted molar refractivity (Wildman–Crippen MR) is 102 cm³/mol. The quantitative estimate of drug-likeness (QED) is 0.611. The molecule has 0 aromatic heterocycles. The second-order valence-corrected chi connectivity index (χ2v) is 10.6. The summed E-state index contributed by atoms with van der Waals surface area (Å²) in [4.78, 5) is 0. The number of rotatable bonds is 6.